The fraction of sp³-hybridized carbons (Fsp3) is 0. The van der Waals surface area contributed by atoms with E-state index in [1.54, 1.807) is 24.3 Å². The molecule has 96 valence electrons. The second-order valence-corrected chi connectivity index (χ2v) is 4.42. The van der Waals surface area contributed by atoms with Crippen molar-refractivity contribution < 1.29 is 15.0 Å². The van der Waals surface area contributed by atoms with Gasteiger partial charge in [-0.1, -0.05) is 36.4 Å². The topological polar surface area (TPSA) is 57.5 Å². The van der Waals surface area contributed by atoms with Gasteiger partial charge in [0.05, 0.1) is 0 Å². The van der Waals surface area contributed by atoms with Crippen LogP contribution in [0.5, 0.6) is 11.5 Å². The summed E-state index contributed by atoms with van der Waals surface area (Å²) in [6.45, 7) is 3.70. The number of hydrogen-bond donors (Lipinski definition) is 2. The Morgan fingerprint density at radius 1 is 1.00 bits per heavy atom. The van der Waals surface area contributed by atoms with Crippen LogP contribution in [0.1, 0.15) is 15.9 Å². The highest BCUT2D eigenvalue weighted by molar-refractivity contribution is 6.31. The van der Waals surface area contributed by atoms with E-state index in [1.165, 1.54) is 18.2 Å². The van der Waals surface area contributed by atoms with Gasteiger partial charge in [0.2, 0.25) is 5.78 Å². The van der Waals surface area contributed by atoms with Crippen molar-refractivity contribution in [3.05, 3.63) is 65.2 Å². The fourth-order valence-electron chi connectivity index (χ4n) is 1.69. The van der Waals surface area contributed by atoms with E-state index in [9.17, 15) is 15.0 Å². The molecule has 0 aromatic heterocycles. The minimum Gasteiger partial charge on any atom is -0.507 e. The van der Waals surface area contributed by atoms with Gasteiger partial charge in [-0.15, -0.1) is 0 Å². The fourth-order valence-corrected chi connectivity index (χ4v) is 1.82. The first-order valence-corrected chi connectivity index (χ1v) is 5.89. The van der Waals surface area contributed by atoms with Gasteiger partial charge in [0.1, 0.15) is 17.1 Å². The molecule has 0 atom stereocenters. The third kappa shape index (κ3) is 2.61. The number of allylic oxidation sites excluding steroid dienone is 1. The predicted molar refractivity (Wildman–Crippen MR) is 74.6 cm³/mol. The Labute approximate surface area is 115 Å². The lowest BCUT2D eigenvalue weighted by Gasteiger charge is -2.08. The molecule has 3 nitrogen and oxygen atoms in total. The predicted octanol–water partition coefficient (Wildman–Crippen LogP) is 3.65. The molecule has 0 unspecified atom stereocenters. The van der Waals surface area contributed by atoms with Gasteiger partial charge in [0.25, 0.3) is 0 Å². The van der Waals surface area contributed by atoms with Crippen molar-refractivity contribution in [3.63, 3.8) is 0 Å². The summed E-state index contributed by atoms with van der Waals surface area (Å²) in [6.07, 6.45) is 0. The molecule has 19 heavy (non-hydrogen) atoms. The molecule has 0 fully saturated rings. The van der Waals surface area contributed by atoms with Gasteiger partial charge < -0.3 is 10.2 Å². The zero-order valence-electron chi connectivity index (χ0n) is 9.93. The van der Waals surface area contributed by atoms with Crippen LogP contribution >= 0.6 is 11.6 Å². The molecule has 0 aliphatic heterocycles. The SMILES string of the molecule is C=C(C(=O)c1c(O)cccc1O)c1ccc(Cl)cc1. The summed E-state index contributed by atoms with van der Waals surface area (Å²) in [4.78, 5) is 12.2. The molecule has 2 aromatic rings. The van der Waals surface area contributed by atoms with Crippen molar-refractivity contribution in [1.82, 2.24) is 0 Å². The number of aromatic hydroxyl groups is 2. The van der Waals surface area contributed by atoms with Crippen LogP contribution in [0.15, 0.2) is 49.0 Å². The van der Waals surface area contributed by atoms with Crippen LogP contribution in [0.4, 0.5) is 0 Å². The standard InChI is InChI=1S/C15H11ClO3/c1-9(10-5-7-11(16)8-6-10)15(19)14-12(17)3-2-4-13(14)18/h2-8,17-18H,1H2. The van der Waals surface area contributed by atoms with Crippen LogP contribution in [-0.4, -0.2) is 16.0 Å². The smallest absolute Gasteiger partial charge is 0.200 e. The molecule has 4 heteroatoms. The van der Waals surface area contributed by atoms with Crippen molar-refractivity contribution in [2.24, 2.45) is 0 Å². The van der Waals surface area contributed by atoms with E-state index >= 15 is 0 Å². The Morgan fingerprint density at radius 2 is 1.53 bits per heavy atom. The van der Waals surface area contributed by atoms with E-state index in [4.69, 9.17) is 11.6 Å². The quantitative estimate of drug-likeness (QED) is 0.663. The summed E-state index contributed by atoms with van der Waals surface area (Å²) in [6, 6.07) is 10.7. The second kappa shape index (κ2) is 5.16. The summed E-state index contributed by atoms with van der Waals surface area (Å²) >= 11 is 5.77. The summed E-state index contributed by atoms with van der Waals surface area (Å²) in [5.74, 6) is -1.09. The van der Waals surface area contributed by atoms with Crippen molar-refractivity contribution in [2.75, 3.05) is 0 Å². The molecule has 0 saturated heterocycles. The zero-order chi connectivity index (χ0) is 14.0. The largest absolute Gasteiger partial charge is 0.507 e. The Morgan fingerprint density at radius 3 is 2.05 bits per heavy atom. The van der Waals surface area contributed by atoms with E-state index in [1.807, 2.05) is 0 Å². The monoisotopic (exact) mass is 274 g/mol. The number of carbonyl (C=O) groups excluding carboxylic acids is 1. The molecule has 0 amide bonds. The molecule has 0 heterocycles. The van der Waals surface area contributed by atoms with Gasteiger partial charge >= 0.3 is 0 Å². The summed E-state index contributed by atoms with van der Waals surface area (Å²) in [5, 5.41) is 19.9. The van der Waals surface area contributed by atoms with Gasteiger partial charge in [0.15, 0.2) is 0 Å². The van der Waals surface area contributed by atoms with E-state index < -0.39 is 5.78 Å². The van der Waals surface area contributed by atoms with Crippen molar-refractivity contribution in [3.8, 4) is 11.5 Å². The maximum absolute atomic E-state index is 12.2. The van der Waals surface area contributed by atoms with Crippen LogP contribution in [-0.2, 0) is 0 Å². The Hall–Kier alpha value is -2.26. The zero-order valence-corrected chi connectivity index (χ0v) is 10.7. The van der Waals surface area contributed by atoms with E-state index in [-0.39, 0.29) is 22.6 Å². The number of ketones is 1. The van der Waals surface area contributed by atoms with Gasteiger partial charge in [-0.25, -0.2) is 0 Å². The number of Topliss-reactive ketones (excluding diaryl/α,β-unsaturated/α-hetero) is 1. The molecule has 0 saturated carbocycles. The minimum absolute atomic E-state index is 0.151. The molecule has 0 bridgehead atoms. The maximum Gasteiger partial charge on any atom is 0.200 e. The van der Waals surface area contributed by atoms with Crippen LogP contribution in [0, 0.1) is 0 Å². The summed E-state index contributed by atoms with van der Waals surface area (Å²) < 4.78 is 0. The lowest BCUT2D eigenvalue weighted by atomic mass is 9.97. The van der Waals surface area contributed by atoms with E-state index in [0.717, 1.165) is 0 Å². The molecule has 2 N–H and O–H groups in total. The minimum atomic E-state index is -0.530. The number of benzene rings is 2. The molecule has 0 spiro atoms. The van der Waals surface area contributed by atoms with Crippen molar-refractivity contribution >= 4 is 23.0 Å². The maximum atomic E-state index is 12.2. The molecule has 2 rings (SSSR count). The highest BCUT2D eigenvalue weighted by Gasteiger charge is 2.19. The first-order valence-electron chi connectivity index (χ1n) is 5.51. The summed E-state index contributed by atoms with van der Waals surface area (Å²) in [5.41, 5.74) is 0.605. The lowest BCUT2D eigenvalue weighted by molar-refractivity contribution is 0.105. The average molecular weight is 275 g/mol. The van der Waals surface area contributed by atoms with E-state index in [2.05, 4.69) is 6.58 Å². The Balaban J connectivity index is 2.39. The normalized spacial score (nSPS) is 10.2. The molecule has 0 aliphatic carbocycles. The van der Waals surface area contributed by atoms with Crippen molar-refractivity contribution in [2.45, 2.75) is 0 Å². The first-order chi connectivity index (χ1) is 9.00. The third-order valence-electron chi connectivity index (χ3n) is 2.71. The van der Waals surface area contributed by atoms with E-state index in [0.29, 0.717) is 10.6 Å². The second-order valence-electron chi connectivity index (χ2n) is 3.99. The molecule has 2 aromatic carbocycles. The number of phenolic OH excluding ortho intramolecular Hbond substituents is 2. The number of rotatable bonds is 3. The van der Waals surface area contributed by atoms with Gasteiger partial charge in [-0.2, -0.15) is 0 Å². The van der Waals surface area contributed by atoms with Gasteiger partial charge in [0, 0.05) is 10.6 Å². The van der Waals surface area contributed by atoms with Crippen LogP contribution in [0.2, 0.25) is 5.02 Å². The molecule has 0 aliphatic rings. The number of hydrogen-bond acceptors (Lipinski definition) is 3. The van der Waals surface area contributed by atoms with Crippen LogP contribution in [0.25, 0.3) is 5.57 Å². The molecular weight excluding hydrogens is 264 g/mol. The van der Waals surface area contributed by atoms with Crippen molar-refractivity contribution in [1.29, 1.82) is 0 Å². The number of phenols is 2. The number of halogens is 1. The average Bonchev–Trinajstić information content (AvgIpc) is 2.38. The third-order valence-corrected chi connectivity index (χ3v) is 2.97. The number of carbonyl (C=O) groups is 1. The molecule has 0 radical (unpaired) electrons. The Bertz CT molecular complexity index is 625. The highest BCUT2D eigenvalue weighted by Crippen LogP contribution is 2.31. The summed E-state index contributed by atoms with van der Waals surface area (Å²) in [7, 11) is 0. The lowest BCUT2D eigenvalue weighted by Crippen LogP contribution is -2.02. The first kappa shape index (κ1) is 13.2. The highest BCUT2D eigenvalue weighted by atomic mass is 35.5. The van der Waals surface area contributed by atoms with Gasteiger partial charge in [-0.3, -0.25) is 4.79 Å². The van der Waals surface area contributed by atoms with Gasteiger partial charge in [-0.05, 0) is 29.8 Å². The molecular formula is C15H11ClO3. The van der Waals surface area contributed by atoms with Crippen LogP contribution in [0.3, 0.4) is 0 Å². The van der Waals surface area contributed by atoms with Crippen LogP contribution < -0.4 is 0 Å². The Kier molecular flexibility index (Phi) is 3.58.